The van der Waals surface area contributed by atoms with Gasteiger partial charge in [0.1, 0.15) is 5.75 Å². The van der Waals surface area contributed by atoms with Crippen molar-refractivity contribution in [1.82, 2.24) is 5.43 Å². The molecule has 0 fully saturated rings. The Morgan fingerprint density at radius 1 is 1.52 bits per heavy atom. The summed E-state index contributed by atoms with van der Waals surface area (Å²) < 4.78 is 6.40. The van der Waals surface area contributed by atoms with Crippen molar-refractivity contribution in [3.05, 3.63) is 49.6 Å². The molecule has 1 heterocycles. The molecule has 0 aliphatic heterocycles. The molecule has 0 unspecified atom stereocenters. The highest BCUT2D eigenvalue weighted by atomic mass is 79.9. The van der Waals surface area contributed by atoms with E-state index in [9.17, 15) is 4.79 Å². The average molecular weight is 388 g/mol. The van der Waals surface area contributed by atoms with Gasteiger partial charge in [-0.05, 0) is 52.7 Å². The van der Waals surface area contributed by atoms with Gasteiger partial charge in [0.25, 0.3) is 5.91 Å². The van der Waals surface area contributed by atoms with Gasteiger partial charge in [0.05, 0.1) is 6.21 Å². The number of amides is 1. The van der Waals surface area contributed by atoms with Gasteiger partial charge in [-0.15, -0.1) is 11.3 Å². The molecule has 4 nitrogen and oxygen atoms in total. The smallest absolute Gasteiger partial charge is 0.277 e. The quantitative estimate of drug-likeness (QED) is 0.623. The predicted molar refractivity (Wildman–Crippen MR) is 89.4 cm³/mol. The molecule has 21 heavy (non-hydrogen) atoms. The van der Waals surface area contributed by atoms with Crippen molar-refractivity contribution in [3.63, 3.8) is 0 Å². The van der Waals surface area contributed by atoms with E-state index in [0.717, 1.165) is 14.9 Å². The summed E-state index contributed by atoms with van der Waals surface area (Å²) in [5, 5.41) is 6.44. The summed E-state index contributed by atoms with van der Waals surface area (Å²) in [4.78, 5) is 12.5. The van der Waals surface area contributed by atoms with E-state index in [1.807, 2.05) is 18.4 Å². The summed E-state index contributed by atoms with van der Waals surface area (Å²) in [6.07, 6.45) is 1.58. The molecule has 2 rings (SSSR count). The van der Waals surface area contributed by atoms with Crippen LogP contribution >= 0.6 is 38.9 Å². The first kappa shape index (κ1) is 16.0. The molecule has 110 valence electrons. The van der Waals surface area contributed by atoms with Crippen molar-refractivity contribution in [3.8, 4) is 5.75 Å². The fraction of sp³-hybridized carbons (Fsp3) is 0.143. The van der Waals surface area contributed by atoms with E-state index in [4.69, 9.17) is 16.3 Å². The lowest BCUT2D eigenvalue weighted by Gasteiger charge is -2.08. The maximum Gasteiger partial charge on any atom is 0.277 e. The Kier molecular flexibility index (Phi) is 5.78. The number of benzene rings is 1. The molecule has 1 N–H and O–H groups in total. The number of thiophene rings is 1. The average Bonchev–Trinajstić information content (AvgIpc) is 2.83. The number of halogens is 2. The predicted octanol–water partition coefficient (Wildman–Crippen LogP) is 4.00. The van der Waals surface area contributed by atoms with Gasteiger partial charge in [0.2, 0.25) is 0 Å². The SMILES string of the molecule is Cc1cc(Cl)ccc1OCC(=O)N/N=C\c1cc(Br)cs1. The topological polar surface area (TPSA) is 50.7 Å². The minimum absolute atomic E-state index is 0.103. The summed E-state index contributed by atoms with van der Waals surface area (Å²) in [5.74, 6) is 0.303. The van der Waals surface area contributed by atoms with Crippen LogP contribution < -0.4 is 10.2 Å². The Labute approximate surface area is 139 Å². The van der Waals surface area contributed by atoms with Gasteiger partial charge in [-0.3, -0.25) is 4.79 Å². The lowest BCUT2D eigenvalue weighted by Crippen LogP contribution is -2.24. The normalized spacial score (nSPS) is 10.8. The molecular formula is C14H12BrClN2O2S. The summed E-state index contributed by atoms with van der Waals surface area (Å²) in [6, 6.07) is 7.14. The largest absolute Gasteiger partial charge is 0.483 e. The van der Waals surface area contributed by atoms with E-state index >= 15 is 0 Å². The van der Waals surface area contributed by atoms with E-state index in [-0.39, 0.29) is 12.5 Å². The van der Waals surface area contributed by atoms with Crippen LogP contribution in [0.1, 0.15) is 10.4 Å². The summed E-state index contributed by atoms with van der Waals surface area (Å²) >= 11 is 10.7. The van der Waals surface area contributed by atoms with Gasteiger partial charge in [-0.25, -0.2) is 5.43 Å². The molecule has 0 atom stereocenters. The molecule has 7 heteroatoms. The van der Waals surface area contributed by atoms with Crippen LogP contribution in [0.2, 0.25) is 5.02 Å². The van der Waals surface area contributed by atoms with Gasteiger partial charge < -0.3 is 4.74 Å². The van der Waals surface area contributed by atoms with Gasteiger partial charge in [0.15, 0.2) is 6.61 Å². The Bertz CT molecular complexity index is 673. The van der Waals surface area contributed by atoms with Crippen LogP contribution in [0.25, 0.3) is 0 Å². The summed E-state index contributed by atoms with van der Waals surface area (Å²) in [7, 11) is 0. The van der Waals surface area contributed by atoms with Crippen molar-refractivity contribution in [1.29, 1.82) is 0 Å². The van der Waals surface area contributed by atoms with Crippen molar-refractivity contribution in [2.24, 2.45) is 5.10 Å². The Morgan fingerprint density at radius 2 is 2.33 bits per heavy atom. The molecule has 0 spiro atoms. The number of aryl methyl sites for hydroxylation is 1. The first-order chi connectivity index (χ1) is 10.0. The number of hydrazone groups is 1. The number of rotatable bonds is 5. The van der Waals surface area contributed by atoms with Crippen LogP contribution in [-0.2, 0) is 4.79 Å². The Balaban J connectivity index is 1.81. The minimum atomic E-state index is -0.323. The van der Waals surface area contributed by atoms with E-state index in [2.05, 4.69) is 26.5 Å². The van der Waals surface area contributed by atoms with Crippen LogP contribution in [-0.4, -0.2) is 18.7 Å². The van der Waals surface area contributed by atoms with Crippen molar-refractivity contribution in [2.45, 2.75) is 6.92 Å². The molecule has 0 radical (unpaired) electrons. The standard InChI is InChI=1S/C14H12BrClN2O2S/c1-9-4-11(16)2-3-13(9)20-7-14(19)18-17-6-12-5-10(15)8-21-12/h2-6,8H,7H2,1H3,(H,18,19)/b17-6-. The summed E-state index contributed by atoms with van der Waals surface area (Å²) in [6.45, 7) is 1.76. The zero-order valence-corrected chi connectivity index (χ0v) is 14.3. The zero-order chi connectivity index (χ0) is 15.2. The number of nitrogens with one attached hydrogen (secondary N) is 1. The fourth-order valence-corrected chi connectivity index (χ4v) is 3.04. The number of carbonyl (C=O) groups is 1. The van der Waals surface area contributed by atoms with E-state index in [1.165, 1.54) is 11.3 Å². The van der Waals surface area contributed by atoms with Crippen LogP contribution in [0.5, 0.6) is 5.75 Å². The first-order valence-electron chi connectivity index (χ1n) is 5.99. The third-order valence-electron chi connectivity index (χ3n) is 2.46. The van der Waals surface area contributed by atoms with Crippen LogP contribution in [0.4, 0.5) is 0 Å². The molecule has 1 amide bonds. The van der Waals surface area contributed by atoms with Gasteiger partial charge in [-0.1, -0.05) is 11.6 Å². The highest BCUT2D eigenvalue weighted by Gasteiger charge is 2.04. The highest BCUT2D eigenvalue weighted by molar-refractivity contribution is 9.10. The molecule has 0 aliphatic carbocycles. The molecule has 1 aromatic heterocycles. The number of ether oxygens (including phenoxy) is 1. The van der Waals surface area contributed by atoms with Crippen molar-refractivity contribution < 1.29 is 9.53 Å². The van der Waals surface area contributed by atoms with Gasteiger partial charge >= 0.3 is 0 Å². The number of nitrogens with zero attached hydrogens (tertiary/aromatic N) is 1. The number of carbonyl (C=O) groups excluding carboxylic acids is 1. The van der Waals surface area contributed by atoms with Crippen LogP contribution in [0.3, 0.4) is 0 Å². The third kappa shape index (κ3) is 5.15. The Morgan fingerprint density at radius 3 is 3.00 bits per heavy atom. The second kappa shape index (κ2) is 7.59. The highest BCUT2D eigenvalue weighted by Crippen LogP contribution is 2.21. The first-order valence-corrected chi connectivity index (χ1v) is 8.04. The third-order valence-corrected chi connectivity index (χ3v) is 4.33. The fourth-order valence-electron chi connectivity index (χ4n) is 1.51. The zero-order valence-electron chi connectivity index (χ0n) is 11.1. The van der Waals surface area contributed by atoms with Gasteiger partial charge in [-0.2, -0.15) is 5.10 Å². The van der Waals surface area contributed by atoms with Crippen LogP contribution in [0, 0.1) is 6.92 Å². The van der Waals surface area contributed by atoms with Crippen LogP contribution in [0.15, 0.2) is 39.2 Å². The van der Waals surface area contributed by atoms with E-state index in [1.54, 1.807) is 24.4 Å². The van der Waals surface area contributed by atoms with E-state index in [0.29, 0.717) is 10.8 Å². The molecule has 0 aliphatic rings. The number of hydrogen-bond acceptors (Lipinski definition) is 4. The monoisotopic (exact) mass is 386 g/mol. The van der Waals surface area contributed by atoms with Crippen molar-refractivity contribution >= 4 is 51.0 Å². The molecule has 2 aromatic rings. The van der Waals surface area contributed by atoms with Gasteiger partial charge in [0, 0.05) is 19.8 Å². The second-order valence-corrected chi connectivity index (χ2v) is 6.45. The Hall–Kier alpha value is -1.37. The maximum atomic E-state index is 11.6. The molecule has 0 saturated heterocycles. The molecule has 0 saturated carbocycles. The van der Waals surface area contributed by atoms with E-state index < -0.39 is 0 Å². The maximum absolute atomic E-state index is 11.6. The second-order valence-electron chi connectivity index (χ2n) is 4.16. The molecular weight excluding hydrogens is 376 g/mol. The minimum Gasteiger partial charge on any atom is -0.483 e. The molecule has 0 bridgehead atoms. The number of hydrogen-bond donors (Lipinski definition) is 1. The lowest BCUT2D eigenvalue weighted by atomic mass is 10.2. The molecule has 1 aromatic carbocycles. The summed E-state index contributed by atoms with van der Waals surface area (Å²) in [5.41, 5.74) is 3.29. The van der Waals surface area contributed by atoms with Crippen molar-refractivity contribution in [2.75, 3.05) is 6.61 Å². The lowest BCUT2D eigenvalue weighted by molar-refractivity contribution is -0.123.